The Bertz CT molecular complexity index is 1060. The minimum absolute atomic E-state index is 0.0368. The van der Waals surface area contributed by atoms with E-state index < -0.39 is 0 Å². The number of nitrogens with zero attached hydrogens (tertiary/aromatic N) is 3. The van der Waals surface area contributed by atoms with E-state index in [1.54, 1.807) is 11.8 Å². The molecule has 0 radical (unpaired) electrons. The fourth-order valence-electron chi connectivity index (χ4n) is 4.08. The normalized spacial score (nSPS) is 16.6. The molecule has 1 aliphatic heterocycles. The summed E-state index contributed by atoms with van der Waals surface area (Å²) in [4.78, 5) is 33.8. The van der Waals surface area contributed by atoms with Crippen LogP contribution in [0.5, 0.6) is 0 Å². The first-order valence-corrected chi connectivity index (χ1v) is 10.8. The number of amides is 2. The topological polar surface area (TPSA) is 66.7 Å². The van der Waals surface area contributed by atoms with E-state index in [1.165, 1.54) is 6.39 Å². The Balaban J connectivity index is 1.61. The third kappa shape index (κ3) is 4.38. The molecule has 1 aliphatic rings. The van der Waals surface area contributed by atoms with Gasteiger partial charge in [-0.05, 0) is 36.6 Å². The molecule has 2 heterocycles. The van der Waals surface area contributed by atoms with Crippen molar-refractivity contribution in [2.45, 2.75) is 39.2 Å². The third-order valence-electron chi connectivity index (χ3n) is 5.80. The van der Waals surface area contributed by atoms with Crippen LogP contribution in [-0.2, 0) is 4.79 Å². The number of rotatable bonds is 6. The Morgan fingerprint density at radius 1 is 1.13 bits per heavy atom. The second-order valence-corrected chi connectivity index (χ2v) is 7.91. The van der Waals surface area contributed by atoms with Gasteiger partial charge in [0, 0.05) is 12.2 Å². The van der Waals surface area contributed by atoms with Gasteiger partial charge in [0.1, 0.15) is 12.3 Å². The predicted molar refractivity (Wildman–Crippen MR) is 120 cm³/mol. The number of unbranched alkanes of at least 4 members (excludes halogenated alkanes) is 1. The van der Waals surface area contributed by atoms with Gasteiger partial charge in [-0.2, -0.15) is 0 Å². The smallest absolute Gasteiger partial charge is 0.276 e. The molecule has 2 aromatic carbocycles. The molecule has 4 rings (SSSR count). The monoisotopic (exact) mass is 417 g/mol. The molecule has 0 unspecified atom stereocenters. The first-order valence-electron chi connectivity index (χ1n) is 10.8. The van der Waals surface area contributed by atoms with E-state index in [9.17, 15) is 9.59 Å². The van der Waals surface area contributed by atoms with Crippen molar-refractivity contribution in [1.82, 2.24) is 9.88 Å². The molecule has 0 saturated carbocycles. The maximum atomic E-state index is 13.1. The van der Waals surface area contributed by atoms with E-state index in [0.29, 0.717) is 12.3 Å². The molecule has 6 heteroatoms. The van der Waals surface area contributed by atoms with Crippen molar-refractivity contribution in [2.75, 3.05) is 18.0 Å². The van der Waals surface area contributed by atoms with Crippen LogP contribution in [0.25, 0.3) is 11.1 Å². The van der Waals surface area contributed by atoms with Crippen LogP contribution in [0.4, 0.5) is 5.69 Å². The number of piperazine rings is 1. The second-order valence-electron chi connectivity index (χ2n) is 7.91. The maximum absolute atomic E-state index is 13.1. The number of benzene rings is 2. The van der Waals surface area contributed by atoms with E-state index in [4.69, 9.17) is 4.42 Å². The van der Waals surface area contributed by atoms with Gasteiger partial charge in [0.15, 0.2) is 12.1 Å². The van der Waals surface area contributed by atoms with Gasteiger partial charge in [0.25, 0.3) is 5.91 Å². The highest BCUT2D eigenvalue weighted by atomic mass is 16.3. The molecule has 0 N–H and O–H groups in total. The molecular weight excluding hydrogens is 390 g/mol. The quantitative estimate of drug-likeness (QED) is 0.583. The zero-order chi connectivity index (χ0) is 21.8. The molecule has 160 valence electrons. The van der Waals surface area contributed by atoms with Gasteiger partial charge >= 0.3 is 0 Å². The number of oxazole rings is 1. The largest absolute Gasteiger partial charge is 0.448 e. The molecule has 6 nitrogen and oxygen atoms in total. The van der Waals surface area contributed by atoms with Crippen molar-refractivity contribution < 1.29 is 14.0 Å². The standard InChI is InChI=1S/C25H27N3O3/c1-3-4-12-22-15-27(21-13-8-11-20(14-21)19-9-6-5-7-10-19)23(29)16-28(22)25(30)24-18(2)31-17-26-24/h5-11,13-14,17,22H,3-4,12,15-16H2,1-2H3/t22-/m1/s1. The minimum Gasteiger partial charge on any atom is -0.448 e. The predicted octanol–water partition coefficient (Wildman–Crippen LogP) is 4.70. The van der Waals surface area contributed by atoms with Gasteiger partial charge < -0.3 is 14.2 Å². The van der Waals surface area contributed by atoms with E-state index >= 15 is 0 Å². The number of hydrogen-bond donors (Lipinski definition) is 0. The first kappa shape index (κ1) is 20.8. The molecule has 0 bridgehead atoms. The zero-order valence-corrected chi connectivity index (χ0v) is 18.0. The van der Waals surface area contributed by atoms with Crippen molar-refractivity contribution in [3.8, 4) is 11.1 Å². The van der Waals surface area contributed by atoms with E-state index in [-0.39, 0.29) is 30.1 Å². The van der Waals surface area contributed by atoms with Crippen molar-refractivity contribution in [1.29, 1.82) is 0 Å². The molecular formula is C25H27N3O3. The number of anilines is 1. The summed E-state index contributed by atoms with van der Waals surface area (Å²) in [6.45, 7) is 4.35. The fourth-order valence-corrected chi connectivity index (χ4v) is 4.08. The summed E-state index contributed by atoms with van der Waals surface area (Å²) >= 11 is 0. The Morgan fingerprint density at radius 3 is 2.61 bits per heavy atom. The van der Waals surface area contributed by atoms with Gasteiger partial charge in [-0.3, -0.25) is 9.59 Å². The molecule has 1 saturated heterocycles. The highest BCUT2D eigenvalue weighted by molar-refractivity contribution is 6.01. The molecule has 31 heavy (non-hydrogen) atoms. The zero-order valence-electron chi connectivity index (χ0n) is 18.0. The molecule has 1 aromatic heterocycles. The number of hydrogen-bond acceptors (Lipinski definition) is 4. The average molecular weight is 418 g/mol. The molecule has 1 atom stereocenters. The van der Waals surface area contributed by atoms with Crippen LogP contribution in [0.2, 0.25) is 0 Å². The average Bonchev–Trinajstić information content (AvgIpc) is 3.24. The van der Waals surface area contributed by atoms with E-state index in [1.807, 2.05) is 47.4 Å². The summed E-state index contributed by atoms with van der Waals surface area (Å²) in [6, 6.07) is 18.1. The summed E-state index contributed by atoms with van der Waals surface area (Å²) in [5.74, 6) is 0.149. The summed E-state index contributed by atoms with van der Waals surface area (Å²) in [7, 11) is 0. The number of aromatic nitrogens is 1. The highest BCUT2D eigenvalue weighted by Crippen LogP contribution is 2.28. The SMILES string of the molecule is CCCC[C@@H]1CN(c2cccc(-c3ccccc3)c2)C(=O)CN1C(=O)c1ncoc1C. The summed E-state index contributed by atoms with van der Waals surface area (Å²) in [5, 5.41) is 0. The maximum Gasteiger partial charge on any atom is 0.276 e. The summed E-state index contributed by atoms with van der Waals surface area (Å²) in [5.41, 5.74) is 3.31. The summed E-state index contributed by atoms with van der Waals surface area (Å²) in [6.07, 6.45) is 4.12. The van der Waals surface area contributed by atoms with Crippen LogP contribution in [0, 0.1) is 6.92 Å². The third-order valence-corrected chi connectivity index (χ3v) is 5.80. The lowest BCUT2D eigenvalue weighted by atomic mass is 10.0. The second kappa shape index (κ2) is 9.16. The van der Waals surface area contributed by atoms with Crippen LogP contribution >= 0.6 is 0 Å². The Kier molecular flexibility index (Phi) is 6.16. The van der Waals surface area contributed by atoms with Gasteiger partial charge in [-0.1, -0.05) is 62.2 Å². The Hall–Kier alpha value is -3.41. The van der Waals surface area contributed by atoms with E-state index in [0.717, 1.165) is 36.1 Å². The number of carbonyl (C=O) groups excluding carboxylic acids is 2. The van der Waals surface area contributed by atoms with Crippen molar-refractivity contribution >= 4 is 17.5 Å². The van der Waals surface area contributed by atoms with Crippen LogP contribution in [0.15, 0.2) is 65.4 Å². The van der Waals surface area contributed by atoms with Crippen LogP contribution in [-0.4, -0.2) is 40.8 Å². The summed E-state index contributed by atoms with van der Waals surface area (Å²) < 4.78 is 5.21. The first-order chi connectivity index (χ1) is 15.1. The van der Waals surface area contributed by atoms with Crippen molar-refractivity contribution in [2.24, 2.45) is 0 Å². The van der Waals surface area contributed by atoms with E-state index in [2.05, 4.69) is 24.0 Å². The lowest BCUT2D eigenvalue weighted by molar-refractivity contribution is -0.121. The Morgan fingerprint density at radius 2 is 1.90 bits per heavy atom. The van der Waals surface area contributed by atoms with Crippen LogP contribution in [0.3, 0.4) is 0 Å². The molecule has 2 amide bonds. The number of aryl methyl sites for hydroxylation is 1. The van der Waals surface area contributed by atoms with Crippen molar-refractivity contribution in [3.05, 3.63) is 72.4 Å². The van der Waals surface area contributed by atoms with Gasteiger partial charge in [-0.15, -0.1) is 0 Å². The molecule has 1 fully saturated rings. The van der Waals surface area contributed by atoms with Gasteiger partial charge in [0.2, 0.25) is 5.91 Å². The fraction of sp³-hybridized carbons (Fsp3) is 0.320. The van der Waals surface area contributed by atoms with Gasteiger partial charge in [0.05, 0.1) is 6.04 Å². The van der Waals surface area contributed by atoms with Crippen LogP contribution < -0.4 is 4.90 Å². The lowest BCUT2D eigenvalue weighted by Gasteiger charge is -2.41. The minimum atomic E-state index is -0.238. The molecule has 0 aliphatic carbocycles. The number of carbonyl (C=O) groups is 2. The Labute approximate surface area is 182 Å². The van der Waals surface area contributed by atoms with Crippen LogP contribution in [0.1, 0.15) is 42.4 Å². The van der Waals surface area contributed by atoms with Gasteiger partial charge in [-0.25, -0.2) is 4.98 Å². The highest BCUT2D eigenvalue weighted by Gasteiger charge is 2.37. The molecule has 3 aromatic rings. The lowest BCUT2D eigenvalue weighted by Crippen LogP contribution is -2.58. The molecule has 0 spiro atoms. The van der Waals surface area contributed by atoms with Crippen molar-refractivity contribution in [3.63, 3.8) is 0 Å².